The molecule has 0 bridgehead atoms. The van der Waals surface area contributed by atoms with Gasteiger partial charge in [-0.1, -0.05) is 0 Å². The summed E-state index contributed by atoms with van der Waals surface area (Å²) in [5.74, 6) is -0.476. The summed E-state index contributed by atoms with van der Waals surface area (Å²) in [5, 5.41) is 13.0. The van der Waals surface area contributed by atoms with Gasteiger partial charge in [0.05, 0.1) is 5.69 Å². The normalized spacial score (nSPS) is 14.9. The molecule has 2 aromatic rings. The topological polar surface area (TPSA) is 73.1 Å². The molecule has 0 saturated carbocycles. The van der Waals surface area contributed by atoms with Crippen molar-refractivity contribution in [3.8, 4) is 11.3 Å². The van der Waals surface area contributed by atoms with Crippen molar-refractivity contribution in [2.24, 2.45) is 0 Å². The Morgan fingerprint density at radius 2 is 1.96 bits per heavy atom. The van der Waals surface area contributed by atoms with Crippen molar-refractivity contribution >= 4 is 18.3 Å². The highest BCUT2D eigenvalue weighted by molar-refractivity contribution is 5.93. The van der Waals surface area contributed by atoms with E-state index in [4.69, 9.17) is 0 Å². The lowest BCUT2D eigenvalue weighted by molar-refractivity contribution is 0.0942. The monoisotopic (exact) mass is 353 g/mol. The fourth-order valence-corrected chi connectivity index (χ4v) is 2.56. The van der Waals surface area contributed by atoms with Crippen molar-refractivity contribution in [2.75, 3.05) is 39.3 Å². The maximum Gasteiger partial charge on any atom is 0.269 e. The zero-order valence-corrected chi connectivity index (χ0v) is 14.0. The van der Waals surface area contributed by atoms with Crippen LogP contribution in [0.4, 0.5) is 4.39 Å². The number of halogens is 2. The molecule has 2 heterocycles. The number of H-pyrrole nitrogens is 1. The second kappa shape index (κ2) is 8.77. The number of nitrogens with one attached hydrogen (secondary N) is 3. The van der Waals surface area contributed by atoms with E-state index in [1.54, 1.807) is 18.2 Å². The first-order valence-electron chi connectivity index (χ1n) is 7.75. The smallest absolute Gasteiger partial charge is 0.269 e. The molecule has 24 heavy (non-hydrogen) atoms. The van der Waals surface area contributed by atoms with Gasteiger partial charge in [0, 0.05) is 44.8 Å². The van der Waals surface area contributed by atoms with Crippen LogP contribution in [0.25, 0.3) is 11.3 Å². The maximum atomic E-state index is 12.9. The summed E-state index contributed by atoms with van der Waals surface area (Å²) in [4.78, 5) is 14.4. The average Bonchev–Trinajstić information content (AvgIpc) is 3.06. The van der Waals surface area contributed by atoms with Gasteiger partial charge >= 0.3 is 0 Å². The zero-order chi connectivity index (χ0) is 16.1. The van der Waals surface area contributed by atoms with Gasteiger partial charge in [-0.15, -0.1) is 12.4 Å². The Bertz CT molecular complexity index is 655. The third kappa shape index (κ3) is 4.77. The SMILES string of the molecule is Cl.O=C(NCCN1CCNCC1)c1cc(-c2ccc(F)cc2)n[nH]1. The molecule has 8 heteroatoms. The van der Waals surface area contributed by atoms with Gasteiger partial charge < -0.3 is 10.6 Å². The van der Waals surface area contributed by atoms with Crippen LogP contribution in [0, 0.1) is 5.82 Å². The van der Waals surface area contributed by atoms with E-state index in [-0.39, 0.29) is 24.1 Å². The Hall–Kier alpha value is -1.96. The third-order valence-corrected chi connectivity index (χ3v) is 3.89. The predicted molar refractivity (Wildman–Crippen MR) is 92.9 cm³/mol. The van der Waals surface area contributed by atoms with Crippen LogP contribution in [0.1, 0.15) is 10.5 Å². The summed E-state index contributed by atoms with van der Waals surface area (Å²) < 4.78 is 12.9. The van der Waals surface area contributed by atoms with E-state index in [1.807, 2.05) is 0 Å². The molecule has 1 aliphatic heterocycles. The van der Waals surface area contributed by atoms with Crippen LogP contribution >= 0.6 is 12.4 Å². The lowest BCUT2D eigenvalue weighted by Gasteiger charge is -2.26. The summed E-state index contributed by atoms with van der Waals surface area (Å²) in [6.45, 7) is 5.45. The molecule has 0 unspecified atom stereocenters. The molecule has 0 atom stereocenters. The first kappa shape index (κ1) is 18.4. The van der Waals surface area contributed by atoms with Crippen LogP contribution in [-0.4, -0.2) is 60.3 Å². The highest BCUT2D eigenvalue weighted by Gasteiger charge is 2.12. The molecule has 0 radical (unpaired) electrons. The molecular formula is C16H21ClFN5O. The number of benzene rings is 1. The van der Waals surface area contributed by atoms with Gasteiger partial charge in [-0.2, -0.15) is 5.10 Å². The fraction of sp³-hybridized carbons (Fsp3) is 0.375. The maximum absolute atomic E-state index is 12.9. The lowest BCUT2D eigenvalue weighted by Crippen LogP contribution is -2.46. The highest BCUT2D eigenvalue weighted by Crippen LogP contribution is 2.17. The van der Waals surface area contributed by atoms with E-state index in [0.717, 1.165) is 38.3 Å². The van der Waals surface area contributed by atoms with Gasteiger partial charge in [-0.25, -0.2) is 4.39 Å². The van der Waals surface area contributed by atoms with E-state index in [1.165, 1.54) is 12.1 Å². The Morgan fingerprint density at radius 1 is 1.25 bits per heavy atom. The van der Waals surface area contributed by atoms with E-state index in [9.17, 15) is 9.18 Å². The Morgan fingerprint density at radius 3 is 2.67 bits per heavy atom. The number of piperazine rings is 1. The molecule has 1 aliphatic rings. The number of aromatic amines is 1. The zero-order valence-electron chi connectivity index (χ0n) is 13.2. The number of carbonyl (C=O) groups excluding carboxylic acids is 1. The van der Waals surface area contributed by atoms with Crippen molar-refractivity contribution in [1.29, 1.82) is 0 Å². The number of hydrogen-bond acceptors (Lipinski definition) is 4. The van der Waals surface area contributed by atoms with Crippen LogP contribution in [0.3, 0.4) is 0 Å². The van der Waals surface area contributed by atoms with Gasteiger partial charge in [0.25, 0.3) is 5.91 Å². The minimum Gasteiger partial charge on any atom is -0.349 e. The second-order valence-electron chi connectivity index (χ2n) is 5.52. The minimum atomic E-state index is -0.296. The van der Waals surface area contributed by atoms with Crippen molar-refractivity contribution < 1.29 is 9.18 Å². The molecule has 1 fully saturated rings. The molecular weight excluding hydrogens is 333 g/mol. The molecule has 1 amide bonds. The van der Waals surface area contributed by atoms with Crippen LogP contribution in [0.2, 0.25) is 0 Å². The number of amides is 1. The third-order valence-electron chi connectivity index (χ3n) is 3.89. The highest BCUT2D eigenvalue weighted by atomic mass is 35.5. The molecule has 1 aromatic heterocycles. The first-order chi connectivity index (χ1) is 11.2. The number of carbonyl (C=O) groups is 1. The summed E-state index contributed by atoms with van der Waals surface area (Å²) in [6.07, 6.45) is 0. The first-order valence-corrected chi connectivity index (χ1v) is 7.75. The van der Waals surface area contributed by atoms with Crippen molar-refractivity contribution in [1.82, 2.24) is 25.7 Å². The van der Waals surface area contributed by atoms with Crippen molar-refractivity contribution in [2.45, 2.75) is 0 Å². The van der Waals surface area contributed by atoms with Crippen LogP contribution in [-0.2, 0) is 0 Å². The Balaban J connectivity index is 0.00000208. The Labute approximate surface area is 146 Å². The van der Waals surface area contributed by atoms with Gasteiger partial charge in [0.1, 0.15) is 11.5 Å². The predicted octanol–water partition coefficient (Wildman–Crippen LogP) is 1.27. The largest absolute Gasteiger partial charge is 0.349 e. The van der Waals surface area contributed by atoms with Crippen LogP contribution in [0.5, 0.6) is 0 Å². The lowest BCUT2D eigenvalue weighted by atomic mass is 10.1. The molecule has 0 spiro atoms. The quantitative estimate of drug-likeness (QED) is 0.757. The van der Waals surface area contributed by atoms with Crippen LogP contribution < -0.4 is 10.6 Å². The molecule has 6 nitrogen and oxygen atoms in total. The minimum absolute atomic E-state index is 0. The number of hydrogen-bond donors (Lipinski definition) is 3. The van der Waals surface area contributed by atoms with E-state index in [0.29, 0.717) is 17.9 Å². The summed E-state index contributed by atoms with van der Waals surface area (Å²) >= 11 is 0. The van der Waals surface area contributed by atoms with Crippen molar-refractivity contribution in [3.63, 3.8) is 0 Å². The Kier molecular flexibility index (Phi) is 6.72. The molecule has 0 aliphatic carbocycles. The van der Waals surface area contributed by atoms with Crippen LogP contribution in [0.15, 0.2) is 30.3 Å². The summed E-state index contributed by atoms with van der Waals surface area (Å²) in [6, 6.07) is 7.69. The number of nitrogens with zero attached hydrogens (tertiary/aromatic N) is 2. The summed E-state index contributed by atoms with van der Waals surface area (Å²) in [5.41, 5.74) is 1.80. The van der Waals surface area contributed by atoms with Gasteiger partial charge in [0.15, 0.2) is 0 Å². The van der Waals surface area contributed by atoms with E-state index >= 15 is 0 Å². The standard InChI is InChI=1S/C16H20FN5O.ClH/c17-13-3-1-12(2-4-13)14-11-15(21-20-14)16(23)19-7-10-22-8-5-18-6-9-22;/h1-4,11,18H,5-10H2,(H,19,23)(H,20,21);1H. The molecule has 3 N–H and O–H groups in total. The number of aromatic nitrogens is 2. The molecule has 1 saturated heterocycles. The molecule has 130 valence electrons. The molecule has 3 rings (SSSR count). The van der Waals surface area contributed by atoms with Crippen molar-refractivity contribution in [3.05, 3.63) is 41.8 Å². The van der Waals surface area contributed by atoms with Gasteiger partial charge in [-0.3, -0.25) is 14.8 Å². The molecule has 1 aromatic carbocycles. The average molecular weight is 354 g/mol. The van der Waals surface area contributed by atoms with E-state index < -0.39 is 0 Å². The van der Waals surface area contributed by atoms with Gasteiger partial charge in [0.2, 0.25) is 0 Å². The fourth-order valence-electron chi connectivity index (χ4n) is 2.56. The van der Waals surface area contributed by atoms with E-state index in [2.05, 4.69) is 25.7 Å². The summed E-state index contributed by atoms with van der Waals surface area (Å²) in [7, 11) is 0. The second-order valence-corrected chi connectivity index (χ2v) is 5.52. The van der Waals surface area contributed by atoms with Gasteiger partial charge in [-0.05, 0) is 30.3 Å². The number of rotatable bonds is 5.